The predicted octanol–water partition coefficient (Wildman–Crippen LogP) is 4.48. The summed E-state index contributed by atoms with van der Waals surface area (Å²) in [4.78, 5) is 16.9. The van der Waals surface area contributed by atoms with Crippen molar-refractivity contribution in [1.29, 1.82) is 0 Å². The lowest BCUT2D eigenvalue weighted by Gasteiger charge is -2.13. The zero-order chi connectivity index (χ0) is 19.5. The number of carbonyl (C=O) groups excluding carboxylic acids is 1. The third-order valence-corrected chi connectivity index (χ3v) is 4.19. The molecule has 0 aliphatic rings. The molecule has 2 aromatic heterocycles. The molecule has 0 aliphatic carbocycles. The maximum absolute atomic E-state index is 13.6. The number of esters is 1. The first kappa shape index (κ1) is 17.7. The van der Waals surface area contributed by atoms with Crippen molar-refractivity contribution in [3.05, 3.63) is 78.4 Å². The Morgan fingerprint density at radius 2 is 1.96 bits per heavy atom. The number of rotatable bonds is 5. The Morgan fingerprint density at radius 1 is 1.14 bits per heavy atom. The number of nitrogens with one attached hydrogen (secondary N) is 1. The van der Waals surface area contributed by atoms with E-state index >= 15 is 0 Å². The van der Waals surface area contributed by atoms with Crippen molar-refractivity contribution in [1.82, 2.24) is 14.8 Å². The molecule has 28 heavy (non-hydrogen) atoms. The summed E-state index contributed by atoms with van der Waals surface area (Å²) >= 11 is 0. The van der Waals surface area contributed by atoms with Crippen molar-refractivity contribution < 1.29 is 13.9 Å². The van der Waals surface area contributed by atoms with Gasteiger partial charge in [-0.25, -0.2) is 18.9 Å². The average Bonchev–Trinajstić information content (AvgIpc) is 3.14. The van der Waals surface area contributed by atoms with Gasteiger partial charge in [-0.15, -0.1) is 0 Å². The van der Waals surface area contributed by atoms with Crippen molar-refractivity contribution in [2.24, 2.45) is 0 Å². The van der Waals surface area contributed by atoms with Crippen LogP contribution in [0, 0.1) is 5.82 Å². The third kappa shape index (κ3) is 3.29. The van der Waals surface area contributed by atoms with Crippen LogP contribution in [0.25, 0.3) is 16.7 Å². The van der Waals surface area contributed by atoms with Crippen LogP contribution in [0.15, 0.2) is 67.0 Å². The Kier molecular flexibility index (Phi) is 4.72. The van der Waals surface area contributed by atoms with Gasteiger partial charge in [-0.05, 0) is 37.3 Å². The maximum atomic E-state index is 13.6. The van der Waals surface area contributed by atoms with Gasteiger partial charge in [0, 0.05) is 11.9 Å². The Hall–Kier alpha value is -3.74. The van der Waals surface area contributed by atoms with Crippen LogP contribution >= 0.6 is 0 Å². The number of ether oxygens (including phenoxy) is 1. The van der Waals surface area contributed by atoms with Crippen molar-refractivity contribution in [3.8, 4) is 5.69 Å². The molecular formula is C21H17FN4O2. The van der Waals surface area contributed by atoms with Crippen LogP contribution in [-0.2, 0) is 4.74 Å². The SMILES string of the molecule is CCOC(=O)c1cnc2c(cnn2-c2ccccc2)c1Nc1cccc(F)c1. The molecule has 1 N–H and O–H groups in total. The fraction of sp³-hybridized carbons (Fsp3) is 0.0952. The molecule has 0 saturated heterocycles. The number of aromatic nitrogens is 3. The van der Waals surface area contributed by atoms with Gasteiger partial charge >= 0.3 is 5.97 Å². The summed E-state index contributed by atoms with van der Waals surface area (Å²) in [6.07, 6.45) is 3.07. The second-order valence-corrected chi connectivity index (χ2v) is 6.03. The van der Waals surface area contributed by atoms with Gasteiger partial charge in [-0.1, -0.05) is 24.3 Å². The van der Waals surface area contributed by atoms with E-state index in [1.165, 1.54) is 18.3 Å². The number of fused-ring (bicyclic) bond motifs is 1. The number of anilines is 2. The number of carbonyl (C=O) groups is 1. The first-order valence-corrected chi connectivity index (χ1v) is 8.79. The van der Waals surface area contributed by atoms with Gasteiger partial charge in [-0.2, -0.15) is 5.10 Å². The van der Waals surface area contributed by atoms with Gasteiger partial charge in [0.15, 0.2) is 5.65 Å². The molecule has 2 heterocycles. The van der Waals surface area contributed by atoms with E-state index in [-0.39, 0.29) is 18.0 Å². The van der Waals surface area contributed by atoms with E-state index < -0.39 is 5.97 Å². The predicted molar refractivity (Wildman–Crippen MR) is 105 cm³/mol. The molecule has 2 aromatic carbocycles. The van der Waals surface area contributed by atoms with Crippen molar-refractivity contribution in [2.75, 3.05) is 11.9 Å². The number of benzene rings is 2. The Bertz CT molecular complexity index is 1140. The zero-order valence-electron chi connectivity index (χ0n) is 15.1. The van der Waals surface area contributed by atoms with E-state index in [1.54, 1.807) is 29.9 Å². The summed E-state index contributed by atoms with van der Waals surface area (Å²) in [5.74, 6) is -0.892. The minimum atomic E-state index is -0.511. The first-order chi connectivity index (χ1) is 13.7. The topological polar surface area (TPSA) is 69.0 Å². The van der Waals surface area contributed by atoms with Gasteiger partial charge in [0.05, 0.1) is 29.6 Å². The highest BCUT2D eigenvalue weighted by Crippen LogP contribution is 2.31. The molecule has 0 fully saturated rings. The molecule has 0 saturated carbocycles. The highest BCUT2D eigenvalue weighted by Gasteiger charge is 2.20. The lowest BCUT2D eigenvalue weighted by molar-refractivity contribution is 0.0527. The normalized spacial score (nSPS) is 10.8. The lowest BCUT2D eigenvalue weighted by atomic mass is 10.1. The molecule has 0 amide bonds. The second-order valence-electron chi connectivity index (χ2n) is 6.03. The van der Waals surface area contributed by atoms with Crippen molar-refractivity contribution in [3.63, 3.8) is 0 Å². The summed E-state index contributed by atoms with van der Waals surface area (Å²) in [6, 6.07) is 15.6. The molecule has 0 spiro atoms. The monoisotopic (exact) mass is 376 g/mol. The maximum Gasteiger partial charge on any atom is 0.341 e. The van der Waals surface area contributed by atoms with E-state index in [9.17, 15) is 9.18 Å². The van der Waals surface area contributed by atoms with E-state index in [1.807, 2.05) is 30.3 Å². The van der Waals surface area contributed by atoms with Gasteiger partial charge in [0.25, 0.3) is 0 Å². The van der Waals surface area contributed by atoms with E-state index in [0.717, 1.165) is 5.69 Å². The van der Waals surface area contributed by atoms with Crippen LogP contribution in [0.1, 0.15) is 17.3 Å². The van der Waals surface area contributed by atoms with Crippen LogP contribution < -0.4 is 5.32 Å². The van der Waals surface area contributed by atoms with Crippen LogP contribution in [-0.4, -0.2) is 27.3 Å². The number of nitrogens with zero attached hydrogens (tertiary/aromatic N) is 3. The van der Waals surface area contributed by atoms with Gasteiger partial charge in [0.1, 0.15) is 11.4 Å². The first-order valence-electron chi connectivity index (χ1n) is 8.79. The van der Waals surface area contributed by atoms with E-state index in [0.29, 0.717) is 22.4 Å². The fourth-order valence-corrected chi connectivity index (χ4v) is 2.94. The zero-order valence-corrected chi connectivity index (χ0v) is 15.1. The minimum absolute atomic E-state index is 0.236. The molecule has 0 bridgehead atoms. The number of hydrogen-bond donors (Lipinski definition) is 1. The molecule has 140 valence electrons. The van der Waals surface area contributed by atoms with Crippen LogP contribution in [0.2, 0.25) is 0 Å². The second kappa shape index (κ2) is 7.48. The number of hydrogen-bond acceptors (Lipinski definition) is 5. The lowest BCUT2D eigenvalue weighted by Crippen LogP contribution is -2.09. The summed E-state index contributed by atoms with van der Waals surface area (Å²) in [5, 5.41) is 8.17. The molecule has 6 nitrogen and oxygen atoms in total. The van der Waals surface area contributed by atoms with E-state index in [2.05, 4.69) is 15.4 Å². The third-order valence-electron chi connectivity index (χ3n) is 4.19. The number of pyridine rings is 1. The van der Waals surface area contributed by atoms with Crippen LogP contribution in [0.4, 0.5) is 15.8 Å². The smallest absolute Gasteiger partial charge is 0.341 e. The number of halogens is 1. The number of para-hydroxylation sites is 1. The Morgan fingerprint density at radius 3 is 2.71 bits per heavy atom. The summed E-state index contributed by atoms with van der Waals surface area (Å²) in [7, 11) is 0. The highest BCUT2D eigenvalue weighted by atomic mass is 19.1. The molecule has 0 aliphatic heterocycles. The van der Waals surface area contributed by atoms with Gasteiger partial charge < -0.3 is 10.1 Å². The molecule has 7 heteroatoms. The van der Waals surface area contributed by atoms with Crippen molar-refractivity contribution >= 4 is 28.4 Å². The average molecular weight is 376 g/mol. The van der Waals surface area contributed by atoms with Crippen LogP contribution in [0.5, 0.6) is 0 Å². The fourth-order valence-electron chi connectivity index (χ4n) is 2.94. The molecule has 4 aromatic rings. The molecule has 0 radical (unpaired) electrons. The Labute approximate surface area is 160 Å². The van der Waals surface area contributed by atoms with Gasteiger partial charge in [0.2, 0.25) is 0 Å². The Balaban J connectivity index is 1.88. The molecular weight excluding hydrogens is 359 g/mol. The van der Waals surface area contributed by atoms with E-state index in [4.69, 9.17) is 4.74 Å². The summed E-state index contributed by atoms with van der Waals surface area (Å²) < 4.78 is 20.5. The molecule has 0 atom stereocenters. The standard InChI is InChI=1S/C21H17FN4O2/c1-2-28-21(27)18-12-23-20-17(13-24-26(20)16-9-4-3-5-10-16)19(18)25-15-8-6-7-14(22)11-15/h3-13H,2H2,1H3,(H,23,25). The minimum Gasteiger partial charge on any atom is -0.462 e. The van der Waals surface area contributed by atoms with Crippen LogP contribution in [0.3, 0.4) is 0 Å². The largest absolute Gasteiger partial charge is 0.462 e. The molecule has 0 unspecified atom stereocenters. The van der Waals surface area contributed by atoms with Crippen molar-refractivity contribution in [2.45, 2.75) is 6.92 Å². The quantitative estimate of drug-likeness (QED) is 0.520. The highest BCUT2D eigenvalue weighted by molar-refractivity contribution is 6.05. The molecule has 4 rings (SSSR count). The summed E-state index contributed by atoms with van der Waals surface area (Å²) in [5.41, 5.74) is 2.64. The van der Waals surface area contributed by atoms with Gasteiger partial charge in [-0.3, -0.25) is 0 Å². The summed E-state index contributed by atoms with van der Waals surface area (Å²) in [6.45, 7) is 1.97.